The molecule has 7 nitrogen and oxygen atoms in total. The van der Waals surface area contributed by atoms with Gasteiger partial charge in [-0.3, -0.25) is 9.10 Å². The Balaban J connectivity index is 1.54. The number of amides is 1. The summed E-state index contributed by atoms with van der Waals surface area (Å²) in [5.74, 6) is -0.0525. The third-order valence-corrected chi connectivity index (χ3v) is 7.98. The smallest absolute Gasteiger partial charge is 0.264 e. The lowest BCUT2D eigenvalue weighted by atomic mass is 10.2. The first-order valence-electron chi connectivity index (χ1n) is 11.6. The molecule has 1 fully saturated rings. The van der Waals surface area contributed by atoms with Gasteiger partial charge in [-0.2, -0.15) is 0 Å². The van der Waals surface area contributed by atoms with Gasteiger partial charge in [0.05, 0.1) is 22.9 Å². The van der Waals surface area contributed by atoms with Gasteiger partial charge in [-0.1, -0.05) is 23.7 Å². The number of halogens is 2. The van der Waals surface area contributed by atoms with Crippen molar-refractivity contribution in [2.75, 3.05) is 48.5 Å². The Hall–Kier alpha value is -3.30. The van der Waals surface area contributed by atoms with Gasteiger partial charge in [0.25, 0.3) is 10.0 Å². The number of carbonyl (C=O) groups excluding carboxylic acids is 1. The summed E-state index contributed by atoms with van der Waals surface area (Å²) in [5.41, 5.74) is 0.831. The fraction of sp³-hybridized carbons (Fsp3) is 0.269. The zero-order chi connectivity index (χ0) is 25.7. The standard InChI is InChI=1S/C26H27ClFN3O4S/c1-2-35-22-11-9-21(10-12-22)31(36(33,34)23-13-7-20(27)8-14-23)19-26(32)30-17-15-29(16-18-30)25-6-4-3-5-24(25)28/h3-14H,2,15-19H2,1H3. The fourth-order valence-electron chi connectivity index (χ4n) is 4.05. The Morgan fingerprint density at radius 2 is 1.61 bits per heavy atom. The van der Waals surface area contributed by atoms with Crippen LogP contribution in [0.15, 0.2) is 77.7 Å². The Morgan fingerprint density at radius 3 is 2.22 bits per heavy atom. The number of ether oxygens (including phenoxy) is 1. The second-order valence-electron chi connectivity index (χ2n) is 8.21. The Kier molecular flexibility index (Phi) is 8.01. The summed E-state index contributed by atoms with van der Waals surface area (Å²) in [6.07, 6.45) is 0. The molecule has 0 bridgehead atoms. The van der Waals surface area contributed by atoms with E-state index in [0.717, 1.165) is 4.31 Å². The molecule has 10 heteroatoms. The van der Waals surface area contributed by atoms with Crippen LogP contribution in [0, 0.1) is 5.82 Å². The molecule has 3 aromatic rings. The number of benzene rings is 3. The molecule has 0 aromatic heterocycles. The molecule has 0 N–H and O–H groups in total. The molecule has 190 valence electrons. The quantitative estimate of drug-likeness (QED) is 0.430. The van der Waals surface area contributed by atoms with Gasteiger partial charge in [-0.05, 0) is 67.6 Å². The van der Waals surface area contributed by atoms with Crippen molar-refractivity contribution in [2.45, 2.75) is 11.8 Å². The summed E-state index contributed by atoms with van der Waals surface area (Å²) in [5, 5.41) is 0.408. The molecule has 1 aliphatic heterocycles. The maximum Gasteiger partial charge on any atom is 0.264 e. The van der Waals surface area contributed by atoms with Gasteiger partial charge in [-0.25, -0.2) is 12.8 Å². The average Bonchev–Trinajstić information content (AvgIpc) is 2.88. The molecule has 0 radical (unpaired) electrons. The van der Waals surface area contributed by atoms with Crippen molar-refractivity contribution in [3.05, 3.63) is 83.6 Å². The fourth-order valence-corrected chi connectivity index (χ4v) is 5.59. The van der Waals surface area contributed by atoms with Gasteiger partial charge in [0.2, 0.25) is 5.91 Å². The van der Waals surface area contributed by atoms with Crippen molar-refractivity contribution in [1.29, 1.82) is 0 Å². The van der Waals surface area contributed by atoms with E-state index in [1.54, 1.807) is 47.4 Å². The molecule has 1 saturated heterocycles. The van der Waals surface area contributed by atoms with E-state index in [1.165, 1.54) is 30.3 Å². The summed E-state index contributed by atoms with van der Waals surface area (Å²) in [6.45, 7) is 3.55. The van der Waals surface area contributed by atoms with Crippen LogP contribution in [0.2, 0.25) is 5.02 Å². The van der Waals surface area contributed by atoms with Crippen LogP contribution >= 0.6 is 11.6 Å². The van der Waals surface area contributed by atoms with E-state index < -0.39 is 10.0 Å². The number of piperazine rings is 1. The van der Waals surface area contributed by atoms with E-state index in [9.17, 15) is 17.6 Å². The van der Waals surface area contributed by atoms with E-state index in [4.69, 9.17) is 16.3 Å². The molecule has 0 aliphatic carbocycles. The predicted octanol–water partition coefficient (Wildman–Crippen LogP) is 4.42. The first kappa shape index (κ1) is 25.8. The summed E-state index contributed by atoms with van der Waals surface area (Å²) in [6, 6.07) is 18.9. The van der Waals surface area contributed by atoms with E-state index in [1.807, 2.05) is 11.8 Å². The first-order valence-corrected chi connectivity index (χ1v) is 13.4. The number of nitrogens with zero attached hydrogens (tertiary/aromatic N) is 3. The monoisotopic (exact) mass is 531 g/mol. The molecule has 1 heterocycles. The maximum atomic E-state index is 14.2. The van der Waals surface area contributed by atoms with Gasteiger partial charge in [0, 0.05) is 31.2 Å². The van der Waals surface area contributed by atoms with Crippen LogP contribution in [0.1, 0.15) is 6.92 Å². The normalized spacial score (nSPS) is 14.0. The van der Waals surface area contributed by atoms with E-state index in [2.05, 4.69) is 0 Å². The molecule has 1 aliphatic rings. The zero-order valence-electron chi connectivity index (χ0n) is 19.8. The summed E-state index contributed by atoms with van der Waals surface area (Å²) in [4.78, 5) is 16.8. The first-order chi connectivity index (χ1) is 17.3. The minimum Gasteiger partial charge on any atom is -0.494 e. The average molecular weight is 532 g/mol. The minimum absolute atomic E-state index is 0.0259. The maximum absolute atomic E-state index is 14.2. The number of rotatable bonds is 8. The highest BCUT2D eigenvalue weighted by Gasteiger charge is 2.30. The summed E-state index contributed by atoms with van der Waals surface area (Å²) in [7, 11) is -4.06. The highest BCUT2D eigenvalue weighted by atomic mass is 35.5. The molecule has 0 saturated carbocycles. The van der Waals surface area contributed by atoms with Crippen LogP contribution in [-0.2, 0) is 14.8 Å². The lowest BCUT2D eigenvalue weighted by molar-refractivity contribution is -0.129. The predicted molar refractivity (Wildman–Crippen MR) is 139 cm³/mol. The Labute approximate surface area is 215 Å². The van der Waals surface area contributed by atoms with Crippen molar-refractivity contribution in [1.82, 2.24) is 4.90 Å². The second kappa shape index (κ2) is 11.2. The third kappa shape index (κ3) is 5.74. The molecule has 0 atom stereocenters. The van der Waals surface area contributed by atoms with Crippen LogP contribution in [0.3, 0.4) is 0 Å². The van der Waals surface area contributed by atoms with Crippen molar-refractivity contribution in [2.24, 2.45) is 0 Å². The number of carbonyl (C=O) groups is 1. The second-order valence-corrected chi connectivity index (χ2v) is 10.5. The van der Waals surface area contributed by atoms with Gasteiger partial charge in [0.1, 0.15) is 18.1 Å². The summed E-state index contributed by atoms with van der Waals surface area (Å²) >= 11 is 5.95. The van der Waals surface area contributed by atoms with Crippen LogP contribution < -0.4 is 13.9 Å². The van der Waals surface area contributed by atoms with E-state index in [-0.39, 0.29) is 23.2 Å². The number of anilines is 2. The molecule has 1 amide bonds. The minimum atomic E-state index is -4.06. The number of sulfonamides is 1. The van der Waals surface area contributed by atoms with Crippen LogP contribution in [0.25, 0.3) is 0 Å². The highest BCUT2D eigenvalue weighted by Crippen LogP contribution is 2.27. The van der Waals surface area contributed by atoms with E-state index >= 15 is 0 Å². The van der Waals surface area contributed by atoms with Gasteiger partial charge < -0.3 is 14.5 Å². The highest BCUT2D eigenvalue weighted by molar-refractivity contribution is 7.92. The van der Waals surface area contributed by atoms with Gasteiger partial charge >= 0.3 is 0 Å². The number of hydrogen-bond donors (Lipinski definition) is 0. The van der Waals surface area contributed by atoms with Crippen molar-refractivity contribution >= 4 is 38.9 Å². The van der Waals surface area contributed by atoms with Gasteiger partial charge in [0.15, 0.2) is 0 Å². The van der Waals surface area contributed by atoms with E-state index in [0.29, 0.717) is 54.9 Å². The molecule has 3 aromatic carbocycles. The largest absolute Gasteiger partial charge is 0.494 e. The topological polar surface area (TPSA) is 70.2 Å². The molecule has 0 spiro atoms. The van der Waals surface area contributed by atoms with Crippen molar-refractivity contribution in [3.8, 4) is 5.75 Å². The van der Waals surface area contributed by atoms with Crippen LogP contribution in [0.4, 0.5) is 15.8 Å². The lowest BCUT2D eigenvalue weighted by Gasteiger charge is -2.37. The number of para-hydroxylation sites is 1. The molecule has 0 unspecified atom stereocenters. The van der Waals surface area contributed by atoms with Crippen LogP contribution in [-0.4, -0.2) is 58.6 Å². The number of hydrogen-bond acceptors (Lipinski definition) is 5. The van der Waals surface area contributed by atoms with Crippen molar-refractivity contribution in [3.63, 3.8) is 0 Å². The SMILES string of the molecule is CCOc1ccc(N(CC(=O)N2CCN(c3ccccc3F)CC2)S(=O)(=O)c2ccc(Cl)cc2)cc1. The molecular weight excluding hydrogens is 505 g/mol. The molecule has 36 heavy (non-hydrogen) atoms. The molecular formula is C26H27ClFN3O4S. The van der Waals surface area contributed by atoms with Crippen LogP contribution in [0.5, 0.6) is 5.75 Å². The van der Waals surface area contributed by atoms with Crippen molar-refractivity contribution < 1.29 is 22.3 Å². The van der Waals surface area contributed by atoms with Gasteiger partial charge in [-0.15, -0.1) is 0 Å². The Morgan fingerprint density at radius 1 is 0.972 bits per heavy atom. The summed E-state index contributed by atoms with van der Waals surface area (Å²) < 4.78 is 47.9. The lowest BCUT2D eigenvalue weighted by Crippen LogP contribution is -2.52. The molecule has 4 rings (SSSR count). The third-order valence-electron chi connectivity index (χ3n) is 5.94. The zero-order valence-corrected chi connectivity index (χ0v) is 21.4. The Bertz CT molecular complexity index is 1300.